The minimum Gasteiger partial charge on any atom is -0.495 e. The lowest BCUT2D eigenvalue weighted by molar-refractivity contribution is -0.115. The summed E-state index contributed by atoms with van der Waals surface area (Å²) in [5.41, 5.74) is 0.351. The standard InChI is InChI=1S/C14H20N2O5S/c1-3-14(17)15-12-10-11(4-5-13(12)20-2)22(18,19)16-6-8-21-9-7-16/h4-5,10H,3,6-9H2,1-2H3,(H,15,17). The Morgan fingerprint density at radius 2 is 2.05 bits per heavy atom. The van der Waals surface area contributed by atoms with Crippen LogP contribution >= 0.6 is 0 Å². The molecular weight excluding hydrogens is 308 g/mol. The smallest absolute Gasteiger partial charge is 0.243 e. The molecule has 1 aliphatic heterocycles. The second kappa shape index (κ2) is 7.08. The predicted octanol–water partition coefficient (Wildman–Crippen LogP) is 1.06. The van der Waals surface area contributed by atoms with E-state index in [1.54, 1.807) is 13.0 Å². The predicted molar refractivity (Wildman–Crippen MR) is 81.5 cm³/mol. The molecule has 22 heavy (non-hydrogen) atoms. The van der Waals surface area contributed by atoms with Gasteiger partial charge >= 0.3 is 0 Å². The number of methoxy groups -OCH3 is 1. The Morgan fingerprint density at radius 3 is 2.64 bits per heavy atom. The molecule has 1 amide bonds. The topological polar surface area (TPSA) is 84.9 Å². The van der Waals surface area contributed by atoms with E-state index in [0.29, 0.717) is 44.2 Å². The van der Waals surface area contributed by atoms with Gasteiger partial charge in [0.2, 0.25) is 15.9 Å². The Balaban J connectivity index is 2.34. The molecule has 1 aromatic carbocycles. The van der Waals surface area contributed by atoms with Crippen molar-refractivity contribution in [2.75, 3.05) is 38.7 Å². The lowest BCUT2D eigenvalue weighted by Crippen LogP contribution is -2.40. The number of amides is 1. The van der Waals surface area contributed by atoms with Gasteiger partial charge in [0.05, 0.1) is 30.9 Å². The van der Waals surface area contributed by atoms with Gasteiger partial charge in [-0.05, 0) is 18.2 Å². The van der Waals surface area contributed by atoms with Crippen LogP contribution < -0.4 is 10.1 Å². The van der Waals surface area contributed by atoms with Crippen LogP contribution in [0.3, 0.4) is 0 Å². The fourth-order valence-corrected chi connectivity index (χ4v) is 3.55. The number of hydrogen-bond acceptors (Lipinski definition) is 5. The van der Waals surface area contributed by atoms with Crippen LogP contribution in [0.2, 0.25) is 0 Å². The number of nitrogens with one attached hydrogen (secondary N) is 1. The highest BCUT2D eigenvalue weighted by Crippen LogP contribution is 2.29. The zero-order valence-corrected chi connectivity index (χ0v) is 13.5. The average Bonchev–Trinajstić information content (AvgIpc) is 2.55. The van der Waals surface area contributed by atoms with E-state index in [1.807, 2.05) is 0 Å². The van der Waals surface area contributed by atoms with Crippen LogP contribution in [0, 0.1) is 0 Å². The summed E-state index contributed by atoms with van der Waals surface area (Å²) in [5, 5.41) is 2.65. The summed E-state index contributed by atoms with van der Waals surface area (Å²) in [7, 11) is -2.14. The van der Waals surface area contributed by atoms with Gasteiger partial charge in [-0.1, -0.05) is 6.92 Å². The first kappa shape index (κ1) is 16.7. The third-order valence-electron chi connectivity index (χ3n) is 3.37. The van der Waals surface area contributed by atoms with Crippen molar-refractivity contribution >= 4 is 21.6 Å². The molecule has 122 valence electrons. The number of sulfonamides is 1. The number of hydrogen-bond donors (Lipinski definition) is 1. The minimum absolute atomic E-state index is 0.126. The lowest BCUT2D eigenvalue weighted by atomic mass is 10.3. The summed E-state index contributed by atoms with van der Waals surface area (Å²) < 4.78 is 36.9. The third kappa shape index (κ3) is 3.57. The highest BCUT2D eigenvalue weighted by Gasteiger charge is 2.27. The monoisotopic (exact) mass is 328 g/mol. The average molecular weight is 328 g/mol. The molecule has 0 spiro atoms. The molecule has 1 aliphatic rings. The number of benzene rings is 1. The fraction of sp³-hybridized carbons (Fsp3) is 0.500. The molecule has 1 N–H and O–H groups in total. The molecule has 8 heteroatoms. The van der Waals surface area contributed by atoms with Gasteiger partial charge in [0.1, 0.15) is 5.75 Å². The van der Waals surface area contributed by atoms with Gasteiger partial charge in [0, 0.05) is 19.5 Å². The fourth-order valence-electron chi connectivity index (χ4n) is 2.12. The number of rotatable bonds is 5. The van der Waals surface area contributed by atoms with E-state index in [9.17, 15) is 13.2 Å². The highest BCUT2D eigenvalue weighted by atomic mass is 32.2. The van der Waals surface area contributed by atoms with Gasteiger partial charge in [0.25, 0.3) is 0 Å². The zero-order chi connectivity index (χ0) is 16.2. The first-order valence-corrected chi connectivity index (χ1v) is 8.49. The SMILES string of the molecule is CCC(=O)Nc1cc(S(=O)(=O)N2CCOCC2)ccc1OC. The van der Waals surface area contributed by atoms with E-state index >= 15 is 0 Å². The first-order chi connectivity index (χ1) is 10.5. The number of nitrogens with zero attached hydrogens (tertiary/aromatic N) is 1. The van der Waals surface area contributed by atoms with E-state index in [-0.39, 0.29) is 10.8 Å². The summed E-state index contributed by atoms with van der Waals surface area (Å²) in [5.74, 6) is 0.210. The Hall–Kier alpha value is -1.64. The maximum absolute atomic E-state index is 12.6. The molecule has 0 saturated carbocycles. The molecule has 0 aliphatic carbocycles. The Morgan fingerprint density at radius 1 is 1.36 bits per heavy atom. The molecule has 1 saturated heterocycles. The van der Waals surface area contributed by atoms with Gasteiger partial charge in [-0.3, -0.25) is 4.79 Å². The van der Waals surface area contributed by atoms with Crippen LogP contribution in [-0.2, 0) is 19.6 Å². The lowest BCUT2D eigenvalue weighted by Gasteiger charge is -2.26. The molecule has 1 fully saturated rings. The second-order valence-electron chi connectivity index (χ2n) is 4.78. The molecular formula is C14H20N2O5S. The summed E-state index contributed by atoms with van der Waals surface area (Å²) in [6, 6.07) is 4.45. The quantitative estimate of drug-likeness (QED) is 0.874. The number of anilines is 1. The molecule has 7 nitrogen and oxygen atoms in total. The maximum Gasteiger partial charge on any atom is 0.243 e. The van der Waals surface area contributed by atoms with Gasteiger partial charge in [-0.2, -0.15) is 4.31 Å². The van der Waals surface area contributed by atoms with Gasteiger partial charge in [-0.25, -0.2) is 8.42 Å². The maximum atomic E-state index is 12.6. The summed E-state index contributed by atoms with van der Waals surface area (Å²) >= 11 is 0. The first-order valence-electron chi connectivity index (χ1n) is 7.05. The summed E-state index contributed by atoms with van der Waals surface area (Å²) in [6.07, 6.45) is 0.295. The number of carbonyl (C=O) groups is 1. The minimum atomic E-state index is -3.61. The van der Waals surface area contributed by atoms with Crippen LogP contribution in [0.25, 0.3) is 0 Å². The molecule has 0 bridgehead atoms. The van der Waals surface area contributed by atoms with Crippen molar-refractivity contribution < 1.29 is 22.7 Å². The number of carbonyl (C=O) groups excluding carboxylic acids is 1. The van der Waals surface area contributed by atoms with Crippen LogP contribution in [0.4, 0.5) is 5.69 Å². The second-order valence-corrected chi connectivity index (χ2v) is 6.72. The van der Waals surface area contributed by atoms with Crippen molar-refractivity contribution in [2.45, 2.75) is 18.2 Å². The van der Waals surface area contributed by atoms with Crippen LogP contribution in [-0.4, -0.2) is 52.0 Å². The molecule has 1 aromatic rings. The van der Waals surface area contributed by atoms with Crippen molar-refractivity contribution in [1.29, 1.82) is 0 Å². The van der Waals surface area contributed by atoms with Crippen molar-refractivity contribution in [3.8, 4) is 5.75 Å². The zero-order valence-electron chi connectivity index (χ0n) is 12.7. The van der Waals surface area contributed by atoms with E-state index in [1.165, 1.54) is 23.5 Å². The Kier molecular flexibility index (Phi) is 5.38. The largest absolute Gasteiger partial charge is 0.495 e. The Labute approximate surface area is 130 Å². The summed E-state index contributed by atoms with van der Waals surface area (Å²) in [6.45, 7) is 3.13. The Bertz CT molecular complexity index is 639. The van der Waals surface area contributed by atoms with Gasteiger partial charge in [0.15, 0.2) is 0 Å². The molecule has 0 unspecified atom stereocenters. The van der Waals surface area contributed by atoms with Gasteiger partial charge < -0.3 is 14.8 Å². The highest BCUT2D eigenvalue weighted by molar-refractivity contribution is 7.89. The van der Waals surface area contributed by atoms with E-state index in [2.05, 4.69) is 5.32 Å². The van der Waals surface area contributed by atoms with E-state index < -0.39 is 10.0 Å². The van der Waals surface area contributed by atoms with Crippen LogP contribution in [0.5, 0.6) is 5.75 Å². The van der Waals surface area contributed by atoms with E-state index in [0.717, 1.165) is 0 Å². The molecule has 0 atom stereocenters. The van der Waals surface area contributed by atoms with Gasteiger partial charge in [-0.15, -0.1) is 0 Å². The molecule has 0 aromatic heterocycles. The number of morpholine rings is 1. The molecule has 1 heterocycles. The van der Waals surface area contributed by atoms with Crippen molar-refractivity contribution in [1.82, 2.24) is 4.31 Å². The van der Waals surface area contributed by atoms with Crippen LogP contribution in [0.1, 0.15) is 13.3 Å². The van der Waals surface area contributed by atoms with Crippen molar-refractivity contribution in [2.24, 2.45) is 0 Å². The van der Waals surface area contributed by atoms with Crippen molar-refractivity contribution in [3.63, 3.8) is 0 Å². The van der Waals surface area contributed by atoms with E-state index in [4.69, 9.17) is 9.47 Å². The molecule has 2 rings (SSSR count). The number of ether oxygens (including phenoxy) is 2. The summed E-state index contributed by atoms with van der Waals surface area (Å²) in [4.78, 5) is 11.7. The normalized spacial score (nSPS) is 16.3. The van der Waals surface area contributed by atoms with Crippen LogP contribution in [0.15, 0.2) is 23.1 Å². The van der Waals surface area contributed by atoms with Crippen molar-refractivity contribution in [3.05, 3.63) is 18.2 Å². The third-order valence-corrected chi connectivity index (χ3v) is 5.27. The molecule has 0 radical (unpaired) electrons.